The Labute approximate surface area is 246 Å². The molecule has 1 aliphatic heterocycles. The second kappa shape index (κ2) is 13.2. The first-order valence-electron chi connectivity index (χ1n) is 13.7. The zero-order chi connectivity index (χ0) is 29.3. The van der Waals surface area contributed by atoms with Crippen molar-refractivity contribution in [3.8, 4) is 0 Å². The highest BCUT2D eigenvalue weighted by Crippen LogP contribution is 2.32. The summed E-state index contributed by atoms with van der Waals surface area (Å²) < 4.78 is 0. The van der Waals surface area contributed by atoms with Gasteiger partial charge in [-0.15, -0.1) is 10.2 Å². The van der Waals surface area contributed by atoms with Crippen LogP contribution in [0.4, 0.5) is 34.1 Å². The van der Waals surface area contributed by atoms with E-state index in [-0.39, 0.29) is 0 Å². The number of anilines is 2. The maximum atomic E-state index is 5.00. The predicted molar refractivity (Wildman–Crippen MR) is 173 cm³/mol. The van der Waals surface area contributed by atoms with Crippen LogP contribution < -0.4 is 10.6 Å². The van der Waals surface area contributed by atoms with Crippen molar-refractivity contribution in [2.75, 3.05) is 10.6 Å². The molecule has 8 nitrogen and oxygen atoms in total. The van der Waals surface area contributed by atoms with E-state index in [1.165, 1.54) is 0 Å². The van der Waals surface area contributed by atoms with Crippen LogP contribution in [0.1, 0.15) is 27.7 Å². The zero-order valence-electron chi connectivity index (χ0n) is 24.1. The standard InChI is InChI=1S/C34H32N8/c1-23-33(41-39-27-15-7-5-8-16-27)24(2)36-31-21-13-14-22-32(31)38-26(4)34(42-40-28-17-9-6-10-18-28)25(3)37-30-20-12-11-19-29(30)35-23/h5-22,35,38H,1-4H3/b33-23+,34-26+,36-24?,37-25?,41-39?,42-40?. The van der Waals surface area contributed by atoms with Crippen LogP contribution >= 0.6 is 0 Å². The minimum Gasteiger partial charge on any atom is -0.355 e. The second-order valence-corrected chi connectivity index (χ2v) is 9.70. The molecule has 208 valence electrons. The van der Waals surface area contributed by atoms with Crippen molar-refractivity contribution in [1.29, 1.82) is 0 Å². The van der Waals surface area contributed by atoms with Gasteiger partial charge in [-0.2, -0.15) is 10.2 Å². The second-order valence-electron chi connectivity index (χ2n) is 9.70. The smallest absolute Gasteiger partial charge is 0.126 e. The third kappa shape index (κ3) is 6.98. The number of azo groups is 2. The Balaban J connectivity index is 1.68. The van der Waals surface area contributed by atoms with Crippen LogP contribution in [0.5, 0.6) is 0 Å². The van der Waals surface area contributed by atoms with E-state index in [0.29, 0.717) is 22.8 Å². The minimum absolute atomic E-state index is 0.630. The molecule has 0 saturated heterocycles. The summed E-state index contributed by atoms with van der Waals surface area (Å²) in [7, 11) is 0. The van der Waals surface area contributed by atoms with Crippen LogP contribution in [0, 0.1) is 0 Å². The van der Waals surface area contributed by atoms with E-state index in [0.717, 1.165) is 45.5 Å². The maximum absolute atomic E-state index is 5.00. The maximum Gasteiger partial charge on any atom is 0.126 e. The van der Waals surface area contributed by atoms with Gasteiger partial charge in [-0.05, 0) is 76.2 Å². The molecule has 0 amide bonds. The van der Waals surface area contributed by atoms with Crippen molar-refractivity contribution < 1.29 is 0 Å². The Bertz CT molecular complexity index is 1620. The number of benzene rings is 4. The number of fused-ring (bicyclic) bond motifs is 2. The third-order valence-corrected chi connectivity index (χ3v) is 6.47. The summed E-state index contributed by atoms with van der Waals surface area (Å²) in [4.78, 5) is 9.99. The molecule has 0 radical (unpaired) electrons. The van der Waals surface area contributed by atoms with E-state index in [9.17, 15) is 0 Å². The quantitative estimate of drug-likeness (QED) is 0.246. The first-order chi connectivity index (χ1) is 20.5. The van der Waals surface area contributed by atoms with Gasteiger partial charge in [-0.1, -0.05) is 60.7 Å². The average molecular weight is 553 g/mol. The van der Waals surface area contributed by atoms with Gasteiger partial charge >= 0.3 is 0 Å². The normalized spacial score (nSPS) is 17.9. The van der Waals surface area contributed by atoms with Crippen molar-refractivity contribution in [3.63, 3.8) is 0 Å². The number of nitrogens with zero attached hydrogens (tertiary/aromatic N) is 6. The number of aliphatic imine (C=N–C) groups is 2. The Kier molecular flexibility index (Phi) is 8.84. The largest absolute Gasteiger partial charge is 0.355 e. The topological polar surface area (TPSA) is 98.2 Å². The summed E-state index contributed by atoms with van der Waals surface area (Å²) in [6.45, 7) is 7.80. The summed E-state index contributed by atoms with van der Waals surface area (Å²) in [5.41, 5.74) is 8.88. The number of rotatable bonds is 4. The van der Waals surface area contributed by atoms with Gasteiger partial charge in [0.1, 0.15) is 11.4 Å². The molecule has 4 aromatic carbocycles. The Morgan fingerprint density at radius 3 is 1.19 bits per heavy atom. The number of allylic oxidation sites excluding steroid dienone is 4. The van der Waals surface area contributed by atoms with Crippen LogP contribution in [0.2, 0.25) is 0 Å². The molecule has 0 saturated carbocycles. The molecular weight excluding hydrogens is 520 g/mol. The third-order valence-electron chi connectivity index (χ3n) is 6.47. The lowest BCUT2D eigenvalue weighted by molar-refractivity contribution is 1.13. The van der Waals surface area contributed by atoms with Gasteiger partial charge in [0, 0.05) is 11.4 Å². The van der Waals surface area contributed by atoms with Gasteiger partial charge in [0.25, 0.3) is 0 Å². The molecule has 0 aliphatic carbocycles. The molecule has 1 heterocycles. The highest BCUT2D eigenvalue weighted by Gasteiger charge is 2.14. The lowest BCUT2D eigenvalue weighted by Crippen LogP contribution is -2.08. The fourth-order valence-corrected chi connectivity index (χ4v) is 4.39. The van der Waals surface area contributed by atoms with Crippen molar-refractivity contribution in [3.05, 3.63) is 132 Å². The van der Waals surface area contributed by atoms with Crippen LogP contribution in [-0.4, -0.2) is 11.4 Å². The Morgan fingerprint density at radius 2 is 0.786 bits per heavy atom. The molecule has 0 unspecified atom stereocenters. The molecule has 4 aromatic rings. The number of para-hydroxylation sites is 4. The summed E-state index contributed by atoms with van der Waals surface area (Å²) in [6.07, 6.45) is 0. The van der Waals surface area contributed by atoms with Gasteiger partial charge in [0.2, 0.25) is 0 Å². The minimum atomic E-state index is 0.630. The van der Waals surface area contributed by atoms with E-state index in [1.807, 2.05) is 137 Å². The lowest BCUT2D eigenvalue weighted by Gasteiger charge is -2.16. The molecule has 2 N–H and O–H groups in total. The number of hydrogen-bond donors (Lipinski definition) is 2. The Morgan fingerprint density at radius 1 is 0.429 bits per heavy atom. The van der Waals surface area contributed by atoms with Crippen LogP contribution in [0.3, 0.4) is 0 Å². The molecule has 1 aliphatic rings. The van der Waals surface area contributed by atoms with Gasteiger partial charge in [0.05, 0.1) is 45.5 Å². The molecule has 0 bridgehead atoms. The van der Waals surface area contributed by atoms with E-state index >= 15 is 0 Å². The number of hydrogen-bond acceptors (Lipinski definition) is 8. The molecule has 0 atom stereocenters. The van der Waals surface area contributed by atoms with Gasteiger partial charge in [-0.3, -0.25) is 0 Å². The zero-order valence-corrected chi connectivity index (χ0v) is 24.1. The molecule has 5 rings (SSSR count). The summed E-state index contributed by atoms with van der Waals surface area (Å²) in [6, 6.07) is 35.0. The van der Waals surface area contributed by atoms with Crippen molar-refractivity contribution in [1.82, 2.24) is 0 Å². The highest BCUT2D eigenvalue weighted by molar-refractivity contribution is 6.03. The summed E-state index contributed by atoms with van der Waals surface area (Å²) in [5, 5.41) is 25.3. The van der Waals surface area contributed by atoms with E-state index in [4.69, 9.17) is 9.98 Å². The van der Waals surface area contributed by atoms with Crippen LogP contribution in [0.25, 0.3) is 0 Å². The summed E-state index contributed by atoms with van der Waals surface area (Å²) in [5.74, 6) is 0. The van der Waals surface area contributed by atoms with E-state index < -0.39 is 0 Å². The van der Waals surface area contributed by atoms with Gasteiger partial charge in [-0.25, -0.2) is 9.98 Å². The van der Waals surface area contributed by atoms with Crippen molar-refractivity contribution in [2.24, 2.45) is 30.4 Å². The predicted octanol–water partition coefficient (Wildman–Crippen LogP) is 10.4. The van der Waals surface area contributed by atoms with Gasteiger partial charge in [0.15, 0.2) is 0 Å². The van der Waals surface area contributed by atoms with Gasteiger partial charge < -0.3 is 10.6 Å². The van der Waals surface area contributed by atoms with Crippen molar-refractivity contribution in [2.45, 2.75) is 27.7 Å². The fraction of sp³-hybridized carbons (Fsp3) is 0.118. The lowest BCUT2D eigenvalue weighted by atomic mass is 10.2. The highest BCUT2D eigenvalue weighted by atomic mass is 15.1. The monoisotopic (exact) mass is 552 g/mol. The summed E-state index contributed by atoms with van der Waals surface area (Å²) >= 11 is 0. The molecule has 0 aromatic heterocycles. The SMILES string of the molecule is CC1=Nc2ccccc2N/C(C)=C(/N=Nc2ccccc2)C(C)=Nc2ccccc2N/C(C)=C\1N=Nc1ccccc1. The average Bonchev–Trinajstić information content (AvgIpc) is 3.00. The molecule has 0 fully saturated rings. The Hall–Kier alpha value is -5.50. The molecule has 0 spiro atoms. The number of nitrogens with one attached hydrogen (secondary N) is 2. The first kappa shape index (κ1) is 28.0. The first-order valence-corrected chi connectivity index (χ1v) is 13.7. The van der Waals surface area contributed by atoms with E-state index in [1.54, 1.807) is 0 Å². The molecular formula is C34H32N8. The molecule has 42 heavy (non-hydrogen) atoms. The van der Waals surface area contributed by atoms with Crippen LogP contribution in [0.15, 0.2) is 162 Å². The van der Waals surface area contributed by atoms with Crippen molar-refractivity contribution >= 4 is 45.5 Å². The van der Waals surface area contributed by atoms with E-state index in [2.05, 4.69) is 31.1 Å². The molecule has 8 heteroatoms. The van der Waals surface area contributed by atoms with Crippen LogP contribution in [-0.2, 0) is 0 Å². The fourth-order valence-electron chi connectivity index (χ4n) is 4.39.